The smallest absolute Gasteiger partial charge is 0.168 e. The molecule has 0 spiro atoms. The molecule has 0 aliphatic rings. The number of hydrogen-bond acceptors (Lipinski definition) is 2. The third-order valence-electron chi connectivity index (χ3n) is 3.33. The topological polar surface area (TPSA) is 24.9 Å². The molecule has 1 aromatic heterocycles. The van der Waals surface area contributed by atoms with Gasteiger partial charge in [0.25, 0.3) is 0 Å². The van der Waals surface area contributed by atoms with Gasteiger partial charge in [-0.1, -0.05) is 23.8 Å². The fourth-order valence-corrected chi connectivity index (χ4v) is 2.13. The van der Waals surface area contributed by atoms with Gasteiger partial charge in [-0.05, 0) is 43.3 Å². The molecule has 3 aromatic rings. The number of nitrogens with one attached hydrogen (secondary N) is 1. The van der Waals surface area contributed by atoms with E-state index in [0.717, 1.165) is 17.4 Å². The summed E-state index contributed by atoms with van der Waals surface area (Å²) >= 11 is 0. The number of aryl methyl sites for hydroxylation is 1. The second-order valence-electron chi connectivity index (χ2n) is 5.02. The first-order valence-corrected chi connectivity index (χ1v) is 6.87. The molecule has 1 N–H and O–H groups in total. The van der Waals surface area contributed by atoms with Crippen LogP contribution in [0, 0.1) is 18.6 Å². The summed E-state index contributed by atoms with van der Waals surface area (Å²) in [6.07, 6.45) is 1.60. The molecule has 0 saturated carbocycles. The molecule has 0 radical (unpaired) electrons. The molecule has 0 aliphatic heterocycles. The van der Waals surface area contributed by atoms with Gasteiger partial charge in [-0.3, -0.25) is 4.98 Å². The largest absolute Gasteiger partial charge is 0.354 e. The summed E-state index contributed by atoms with van der Waals surface area (Å²) in [5, 5.41) is 3.21. The van der Waals surface area contributed by atoms with Crippen molar-refractivity contribution in [2.45, 2.75) is 6.92 Å². The zero-order chi connectivity index (χ0) is 15.5. The molecule has 22 heavy (non-hydrogen) atoms. The van der Waals surface area contributed by atoms with Gasteiger partial charge in [-0.15, -0.1) is 0 Å². The van der Waals surface area contributed by atoms with Gasteiger partial charge in [0.15, 0.2) is 11.6 Å². The average Bonchev–Trinajstić information content (AvgIpc) is 2.53. The second kappa shape index (κ2) is 5.93. The van der Waals surface area contributed by atoms with Crippen LogP contribution < -0.4 is 5.32 Å². The molecule has 0 unspecified atom stereocenters. The van der Waals surface area contributed by atoms with E-state index in [-0.39, 0.29) is 5.56 Å². The van der Waals surface area contributed by atoms with Gasteiger partial charge in [0.1, 0.15) is 0 Å². The lowest BCUT2D eigenvalue weighted by Crippen LogP contribution is -1.94. The highest BCUT2D eigenvalue weighted by molar-refractivity contribution is 5.64. The Hall–Kier alpha value is -2.75. The molecule has 0 fully saturated rings. The van der Waals surface area contributed by atoms with E-state index in [4.69, 9.17) is 0 Å². The van der Waals surface area contributed by atoms with Crippen LogP contribution in [-0.2, 0) is 0 Å². The van der Waals surface area contributed by atoms with Crippen LogP contribution in [0.1, 0.15) is 5.56 Å². The first-order valence-electron chi connectivity index (χ1n) is 6.87. The van der Waals surface area contributed by atoms with E-state index >= 15 is 0 Å². The fourth-order valence-electron chi connectivity index (χ4n) is 2.13. The number of benzene rings is 2. The number of rotatable bonds is 3. The highest BCUT2D eigenvalue weighted by atomic mass is 19.2. The van der Waals surface area contributed by atoms with Crippen molar-refractivity contribution < 1.29 is 8.78 Å². The van der Waals surface area contributed by atoms with Crippen LogP contribution in [0.3, 0.4) is 0 Å². The summed E-state index contributed by atoms with van der Waals surface area (Å²) in [6.45, 7) is 2.02. The predicted octanol–water partition coefficient (Wildman–Crippen LogP) is 5.08. The number of aromatic nitrogens is 1. The molecule has 3 rings (SSSR count). The Balaban J connectivity index is 1.83. The van der Waals surface area contributed by atoms with Crippen molar-refractivity contribution in [3.05, 3.63) is 78.0 Å². The first kappa shape index (κ1) is 14.2. The van der Waals surface area contributed by atoms with Crippen LogP contribution in [0.25, 0.3) is 11.3 Å². The van der Waals surface area contributed by atoms with Gasteiger partial charge in [-0.25, -0.2) is 8.78 Å². The summed E-state index contributed by atoms with van der Waals surface area (Å²) < 4.78 is 27.0. The van der Waals surface area contributed by atoms with Crippen molar-refractivity contribution in [3.63, 3.8) is 0 Å². The van der Waals surface area contributed by atoms with Crippen LogP contribution in [0.5, 0.6) is 0 Å². The molecule has 0 saturated heterocycles. The summed E-state index contributed by atoms with van der Waals surface area (Å²) in [5.41, 5.74) is 3.45. The van der Waals surface area contributed by atoms with Crippen molar-refractivity contribution in [1.29, 1.82) is 0 Å². The summed E-state index contributed by atoms with van der Waals surface area (Å²) in [7, 11) is 0. The average molecular weight is 296 g/mol. The van der Waals surface area contributed by atoms with Gasteiger partial charge in [0.05, 0.1) is 17.6 Å². The highest BCUT2D eigenvalue weighted by Crippen LogP contribution is 2.24. The lowest BCUT2D eigenvalue weighted by Gasteiger charge is -2.08. The lowest BCUT2D eigenvalue weighted by molar-refractivity contribution is 0.511. The maximum Gasteiger partial charge on any atom is 0.168 e. The van der Waals surface area contributed by atoms with E-state index in [1.54, 1.807) is 18.3 Å². The molecular formula is C18H14F2N2. The molecule has 0 atom stereocenters. The van der Waals surface area contributed by atoms with Gasteiger partial charge in [0.2, 0.25) is 0 Å². The molecule has 0 amide bonds. The molecule has 110 valence electrons. The standard InChI is InChI=1S/C18H14F2N2/c1-12-5-7-13(8-6-12)22-14-9-10-17(21-11-14)15-3-2-4-16(19)18(15)20/h2-11,22H,1H3. The zero-order valence-corrected chi connectivity index (χ0v) is 12.0. The summed E-state index contributed by atoms with van der Waals surface area (Å²) in [4.78, 5) is 4.20. The number of pyridine rings is 1. The molecule has 1 heterocycles. The Labute approximate surface area is 127 Å². The van der Waals surface area contributed by atoms with Gasteiger partial charge < -0.3 is 5.32 Å². The van der Waals surface area contributed by atoms with E-state index in [1.807, 2.05) is 31.2 Å². The first-order chi connectivity index (χ1) is 10.6. The van der Waals surface area contributed by atoms with Gasteiger partial charge in [0, 0.05) is 11.3 Å². The Morgan fingerprint density at radius 2 is 1.59 bits per heavy atom. The second-order valence-corrected chi connectivity index (χ2v) is 5.02. The SMILES string of the molecule is Cc1ccc(Nc2ccc(-c3cccc(F)c3F)nc2)cc1. The Morgan fingerprint density at radius 3 is 2.27 bits per heavy atom. The monoisotopic (exact) mass is 296 g/mol. The predicted molar refractivity (Wildman–Crippen MR) is 84.1 cm³/mol. The zero-order valence-electron chi connectivity index (χ0n) is 12.0. The molecular weight excluding hydrogens is 282 g/mol. The van der Waals surface area contributed by atoms with Crippen molar-refractivity contribution in [2.24, 2.45) is 0 Å². The quantitative estimate of drug-likeness (QED) is 0.729. The molecule has 0 aliphatic carbocycles. The number of halogens is 2. The fraction of sp³-hybridized carbons (Fsp3) is 0.0556. The number of nitrogens with zero attached hydrogens (tertiary/aromatic N) is 1. The van der Waals surface area contributed by atoms with Crippen LogP contribution in [0.4, 0.5) is 20.2 Å². The van der Waals surface area contributed by atoms with E-state index in [1.165, 1.54) is 17.7 Å². The summed E-state index contributed by atoms with van der Waals surface area (Å²) in [6, 6.07) is 15.5. The minimum Gasteiger partial charge on any atom is -0.354 e. The molecule has 2 nitrogen and oxygen atoms in total. The van der Waals surface area contributed by atoms with Crippen LogP contribution >= 0.6 is 0 Å². The minimum absolute atomic E-state index is 0.155. The number of anilines is 2. The molecule has 0 bridgehead atoms. The van der Waals surface area contributed by atoms with Gasteiger partial charge in [-0.2, -0.15) is 0 Å². The normalized spacial score (nSPS) is 10.5. The summed E-state index contributed by atoms with van der Waals surface area (Å²) in [5.74, 6) is -1.75. The van der Waals surface area contributed by atoms with Crippen molar-refractivity contribution in [3.8, 4) is 11.3 Å². The van der Waals surface area contributed by atoms with E-state index < -0.39 is 11.6 Å². The Bertz CT molecular complexity index is 781. The van der Waals surface area contributed by atoms with Crippen molar-refractivity contribution in [1.82, 2.24) is 4.98 Å². The van der Waals surface area contributed by atoms with E-state index in [0.29, 0.717) is 5.69 Å². The molecule has 4 heteroatoms. The van der Waals surface area contributed by atoms with Crippen LogP contribution in [0.15, 0.2) is 60.8 Å². The van der Waals surface area contributed by atoms with Crippen molar-refractivity contribution in [2.75, 3.05) is 5.32 Å². The highest BCUT2D eigenvalue weighted by Gasteiger charge is 2.10. The Kier molecular flexibility index (Phi) is 3.83. The number of hydrogen-bond donors (Lipinski definition) is 1. The van der Waals surface area contributed by atoms with Crippen LogP contribution in [0.2, 0.25) is 0 Å². The third kappa shape index (κ3) is 2.96. The van der Waals surface area contributed by atoms with E-state index in [9.17, 15) is 8.78 Å². The van der Waals surface area contributed by atoms with Crippen molar-refractivity contribution >= 4 is 11.4 Å². The van der Waals surface area contributed by atoms with E-state index in [2.05, 4.69) is 10.3 Å². The maximum atomic E-state index is 13.7. The third-order valence-corrected chi connectivity index (χ3v) is 3.33. The minimum atomic E-state index is -0.880. The Morgan fingerprint density at radius 1 is 0.864 bits per heavy atom. The lowest BCUT2D eigenvalue weighted by atomic mass is 10.1. The molecule has 2 aromatic carbocycles. The maximum absolute atomic E-state index is 13.7. The van der Waals surface area contributed by atoms with Gasteiger partial charge >= 0.3 is 0 Å². The van der Waals surface area contributed by atoms with Crippen LogP contribution in [-0.4, -0.2) is 4.98 Å².